The molecule has 0 aliphatic heterocycles. The molecule has 6 radical (unpaired) electrons. The smallest absolute Gasteiger partial charge is 0 e. The average molecular weight is 232 g/mol. The average Bonchev–Trinajstić information content (AvgIpc) is 1.88. The first kappa shape index (κ1) is 36.0. The lowest BCUT2D eigenvalue weighted by atomic mass is 10.0. The Balaban J connectivity index is -0.0000000123. The standard InChI is InChI=1S/2C5H12.2C2H6.2B.2H2/c2*1-5(2,3)4;2*1-2;;;;/h2*1-4H3;2*1-2H3;;;2*1H/i;;;;;;2*1+1. The van der Waals surface area contributed by atoms with Gasteiger partial charge in [0.25, 0.3) is 0 Å². The van der Waals surface area contributed by atoms with E-state index in [9.17, 15) is 0 Å². The zero-order valence-electron chi connectivity index (χ0n) is 14.2. The molecule has 16 heavy (non-hydrogen) atoms. The molecule has 0 saturated carbocycles. The molecule has 0 heterocycles. The van der Waals surface area contributed by atoms with Gasteiger partial charge >= 0.3 is 0 Å². The summed E-state index contributed by atoms with van der Waals surface area (Å²) < 4.78 is 0. The second-order valence-electron chi connectivity index (χ2n) is 6.00. The molecular formula is C14H40B2. The van der Waals surface area contributed by atoms with Crippen molar-refractivity contribution in [1.82, 2.24) is 0 Å². The van der Waals surface area contributed by atoms with Crippen molar-refractivity contribution in [3.05, 3.63) is 0 Å². The fourth-order valence-corrected chi connectivity index (χ4v) is 0. The van der Waals surface area contributed by atoms with Gasteiger partial charge in [-0.2, -0.15) is 0 Å². The lowest BCUT2D eigenvalue weighted by Gasteiger charge is -2.05. The molecule has 0 N–H and O–H groups in total. The fourth-order valence-electron chi connectivity index (χ4n) is 0. The molecule has 0 aromatic rings. The molecule has 0 unspecified atom stereocenters. The van der Waals surface area contributed by atoms with Crippen LogP contribution in [0.3, 0.4) is 0 Å². The maximum atomic E-state index is 2.19. The van der Waals surface area contributed by atoms with Crippen molar-refractivity contribution in [2.75, 3.05) is 0 Å². The summed E-state index contributed by atoms with van der Waals surface area (Å²) >= 11 is 0. The van der Waals surface area contributed by atoms with Crippen LogP contribution in [0.25, 0.3) is 0 Å². The number of hydrogen-bond acceptors (Lipinski definition) is 0. The quantitative estimate of drug-likeness (QED) is 0.457. The first-order chi connectivity index (χ1) is 6.00. The number of rotatable bonds is 0. The third kappa shape index (κ3) is 144000. The van der Waals surface area contributed by atoms with Gasteiger partial charge in [-0.1, -0.05) is 83.1 Å². The van der Waals surface area contributed by atoms with E-state index >= 15 is 0 Å². The summed E-state index contributed by atoms with van der Waals surface area (Å²) in [6.07, 6.45) is 0. The summed E-state index contributed by atoms with van der Waals surface area (Å²) in [5, 5.41) is 0. The van der Waals surface area contributed by atoms with Crippen LogP contribution in [0.5, 0.6) is 0 Å². The molecule has 0 atom stereocenters. The van der Waals surface area contributed by atoms with Gasteiger partial charge < -0.3 is 0 Å². The molecule has 0 spiro atoms. The van der Waals surface area contributed by atoms with Crippen LogP contribution in [0.4, 0.5) is 0 Å². The van der Waals surface area contributed by atoms with E-state index in [1.54, 1.807) is 0 Å². The van der Waals surface area contributed by atoms with Gasteiger partial charge in [-0.05, 0) is 10.8 Å². The van der Waals surface area contributed by atoms with Gasteiger partial charge in [0.05, 0.1) is 0 Å². The maximum absolute atomic E-state index is 2.19. The monoisotopic (exact) mass is 232 g/mol. The molecule has 0 rings (SSSR count). The lowest BCUT2D eigenvalue weighted by molar-refractivity contribution is 0.469. The van der Waals surface area contributed by atoms with E-state index in [-0.39, 0.29) is 19.7 Å². The summed E-state index contributed by atoms with van der Waals surface area (Å²) in [5.74, 6) is 0. The Bertz CT molecular complexity index is 60.8. The second-order valence-corrected chi connectivity index (χ2v) is 6.00. The minimum absolute atomic E-state index is 0. The first-order valence-corrected chi connectivity index (χ1v) is 6.00. The second kappa shape index (κ2) is 20.5. The van der Waals surface area contributed by atoms with Crippen LogP contribution in [0.1, 0.15) is 85.9 Å². The van der Waals surface area contributed by atoms with Crippen molar-refractivity contribution in [1.29, 1.82) is 0 Å². The van der Waals surface area contributed by atoms with Gasteiger partial charge in [0, 0.05) is 19.7 Å². The molecule has 0 aromatic carbocycles. The highest BCUT2D eigenvalue weighted by molar-refractivity contribution is 5.76. The highest BCUT2D eigenvalue weighted by atomic mass is 14.0. The minimum Gasteiger partial charge on any atom is -0.0683 e. The molecular weight excluding hydrogens is 190 g/mol. The zero-order valence-corrected chi connectivity index (χ0v) is 14.2. The molecule has 0 amide bonds. The molecule has 0 aliphatic rings. The Labute approximate surface area is 114 Å². The van der Waals surface area contributed by atoms with E-state index in [0.717, 1.165) is 0 Å². The molecule has 2 heteroatoms. The Morgan fingerprint density at radius 2 is 0.438 bits per heavy atom. The first-order valence-electron chi connectivity index (χ1n) is 6.00. The van der Waals surface area contributed by atoms with Crippen molar-refractivity contribution in [3.63, 3.8) is 0 Å². The van der Waals surface area contributed by atoms with Crippen LogP contribution in [0.2, 0.25) is 0 Å². The third-order valence-corrected chi connectivity index (χ3v) is 0. The van der Waals surface area contributed by atoms with Crippen LogP contribution < -0.4 is 0 Å². The van der Waals surface area contributed by atoms with E-state index in [2.05, 4.69) is 55.4 Å². The SMILES string of the molecule is CC.CC.CC(C)(C)C.CC(C)(C)C.[2HH].[2HH].[B].[B]. The highest BCUT2D eigenvalue weighted by Gasteiger charge is 1.96. The van der Waals surface area contributed by atoms with Crippen molar-refractivity contribution < 1.29 is 2.85 Å². The van der Waals surface area contributed by atoms with Crippen molar-refractivity contribution in [2.45, 2.75) is 83.1 Å². The maximum Gasteiger partial charge on any atom is 0 e. The fraction of sp³-hybridized carbons (Fsp3) is 1.00. The summed E-state index contributed by atoms with van der Waals surface area (Å²) in [7, 11) is 0. The zero-order chi connectivity index (χ0) is 13.0. The van der Waals surface area contributed by atoms with Gasteiger partial charge in [-0.3, -0.25) is 0 Å². The molecule has 0 fully saturated rings. The van der Waals surface area contributed by atoms with Crippen LogP contribution in [-0.2, 0) is 0 Å². The van der Waals surface area contributed by atoms with Gasteiger partial charge in [-0.15, -0.1) is 0 Å². The van der Waals surface area contributed by atoms with Gasteiger partial charge in [0.1, 0.15) is 0 Å². The van der Waals surface area contributed by atoms with Crippen LogP contribution >= 0.6 is 0 Å². The largest absolute Gasteiger partial charge is 0.0683 e. The van der Waals surface area contributed by atoms with Gasteiger partial charge in [0.15, 0.2) is 0 Å². The lowest BCUT2D eigenvalue weighted by Crippen LogP contribution is -1.93. The van der Waals surface area contributed by atoms with E-state index < -0.39 is 0 Å². The van der Waals surface area contributed by atoms with Crippen LogP contribution in [0, 0.1) is 10.8 Å². The van der Waals surface area contributed by atoms with Crippen LogP contribution in [-0.4, -0.2) is 16.8 Å². The van der Waals surface area contributed by atoms with Gasteiger partial charge in [-0.25, -0.2) is 0 Å². The predicted octanol–water partition coefficient (Wildman–Crippen LogP) is 5.89. The van der Waals surface area contributed by atoms with E-state index in [1.807, 2.05) is 27.7 Å². The third-order valence-electron chi connectivity index (χ3n) is 0. The Kier molecular flexibility index (Phi) is 46.2. The van der Waals surface area contributed by atoms with E-state index in [1.165, 1.54) is 0 Å². The molecule has 0 bridgehead atoms. The van der Waals surface area contributed by atoms with Crippen molar-refractivity contribution in [2.24, 2.45) is 10.8 Å². The Hall–Kier alpha value is 0.130. The molecule has 0 aliphatic carbocycles. The topological polar surface area (TPSA) is 0 Å². The predicted molar refractivity (Wildman–Crippen MR) is 88.7 cm³/mol. The number of hydrogen-bond donors (Lipinski definition) is 0. The summed E-state index contributed by atoms with van der Waals surface area (Å²) in [4.78, 5) is 0. The van der Waals surface area contributed by atoms with Crippen molar-refractivity contribution >= 4 is 16.8 Å². The van der Waals surface area contributed by atoms with E-state index in [0.29, 0.717) is 10.8 Å². The Morgan fingerprint density at radius 3 is 0.438 bits per heavy atom. The molecule has 0 aromatic heterocycles. The van der Waals surface area contributed by atoms with E-state index in [4.69, 9.17) is 0 Å². The Morgan fingerprint density at radius 1 is 0.438 bits per heavy atom. The minimum atomic E-state index is 0. The molecule has 0 saturated heterocycles. The summed E-state index contributed by atoms with van der Waals surface area (Å²) in [6, 6.07) is 0. The molecule has 102 valence electrons. The van der Waals surface area contributed by atoms with Crippen molar-refractivity contribution in [3.8, 4) is 0 Å². The van der Waals surface area contributed by atoms with Crippen LogP contribution in [0.15, 0.2) is 0 Å². The van der Waals surface area contributed by atoms with Gasteiger partial charge in [0.2, 0.25) is 0 Å². The normalized spacial score (nSPS) is 8.25. The molecule has 0 nitrogen and oxygen atoms in total. The highest BCUT2D eigenvalue weighted by Crippen LogP contribution is 2.08. The summed E-state index contributed by atoms with van der Waals surface area (Å²) in [6.45, 7) is 25.5. The summed E-state index contributed by atoms with van der Waals surface area (Å²) in [5.41, 5.74) is 1.00.